The van der Waals surface area contributed by atoms with Crippen LogP contribution in [-0.2, 0) is 6.42 Å². The number of H-pyrrole nitrogens is 1. The highest BCUT2D eigenvalue weighted by Gasteiger charge is 2.10. The molecular formula is C20H21ClN2. The molecule has 0 saturated carbocycles. The van der Waals surface area contributed by atoms with Crippen LogP contribution < -0.4 is 0 Å². The molecule has 3 rings (SSSR count). The van der Waals surface area contributed by atoms with Gasteiger partial charge in [-0.3, -0.25) is 0 Å². The Morgan fingerprint density at radius 3 is 2.26 bits per heavy atom. The Kier molecular flexibility index (Phi) is 5.41. The van der Waals surface area contributed by atoms with Crippen LogP contribution in [0.1, 0.15) is 18.2 Å². The Hall–Kier alpha value is -2.32. The monoisotopic (exact) mass is 324 g/mol. The minimum absolute atomic E-state index is 0. The zero-order chi connectivity index (χ0) is 15.5. The summed E-state index contributed by atoms with van der Waals surface area (Å²) in [4.78, 5) is 8.16. The molecule has 0 atom stereocenters. The van der Waals surface area contributed by atoms with Gasteiger partial charge in [-0.25, -0.2) is 4.98 Å². The SMILES string of the molecule is C=C(C)Cc1ccc(-c2nc(-c3ccccc3)c(C)[nH]2)cc1.Cl. The van der Waals surface area contributed by atoms with Gasteiger partial charge in [0, 0.05) is 16.8 Å². The summed E-state index contributed by atoms with van der Waals surface area (Å²) in [5.74, 6) is 0.915. The highest BCUT2D eigenvalue weighted by Crippen LogP contribution is 2.25. The topological polar surface area (TPSA) is 28.7 Å². The van der Waals surface area contributed by atoms with Crippen LogP contribution in [0.15, 0.2) is 66.7 Å². The number of imidazole rings is 1. The molecule has 0 spiro atoms. The van der Waals surface area contributed by atoms with Gasteiger partial charge >= 0.3 is 0 Å². The number of aromatic amines is 1. The minimum Gasteiger partial charge on any atom is -0.342 e. The molecule has 0 aliphatic heterocycles. The fraction of sp³-hybridized carbons (Fsp3) is 0.150. The van der Waals surface area contributed by atoms with Crippen LogP contribution in [0.2, 0.25) is 0 Å². The van der Waals surface area contributed by atoms with Crippen molar-refractivity contribution in [1.82, 2.24) is 9.97 Å². The number of hydrogen-bond donors (Lipinski definition) is 1. The largest absolute Gasteiger partial charge is 0.342 e. The van der Waals surface area contributed by atoms with Crippen LogP contribution in [0, 0.1) is 6.92 Å². The summed E-state index contributed by atoms with van der Waals surface area (Å²) >= 11 is 0. The van der Waals surface area contributed by atoms with Gasteiger partial charge in [-0.1, -0.05) is 66.7 Å². The maximum absolute atomic E-state index is 4.77. The highest BCUT2D eigenvalue weighted by atomic mass is 35.5. The number of nitrogens with zero attached hydrogens (tertiary/aromatic N) is 1. The molecule has 1 aromatic heterocycles. The predicted molar refractivity (Wildman–Crippen MR) is 100.0 cm³/mol. The van der Waals surface area contributed by atoms with Crippen LogP contribution in [0.4, 0.5) is 0 Å². The van der Waals surface area contributed by atoms with Crippen molar-refractivity contribution in [2.24, 2.45) is 0 Å². The van der Waals surface area contributed by atoms with Crippen molar-refractivity contribution < 1.29 is 0 Å². The van der Waals surface area contributed by atoms with E-state index in [1.165, 1.54) is 11.1 Å². The maximum Gasteiger partial charge on any atom is 0.138 e. The van der Waals surface area contributed by atoms with Gasteiger partial charge < -0.3 is 4.98 Å². The van der Waals surface area contributed by atoms with Crippen molar-refractivity contribution in [1.29, 1.82) is 0 Å². The number of aryl methyl sites for hydroxylation is 1. The molecule has 0 fully saturated rings. The second kappa shape index (κ2) is 7.30. The number of hydrogen-bond acceptors (Lipinski definition) is 1. The van der Waals surface area contributed by atoms with Gasteiger partial charge in [0.05, 0.1) is 5.69 Å². The molecular weight excluding hydrogens is 304 g/mol. The molecule has 0 aliphatic carbocycles. The van der Waals surface area contributed by atoms with E-state index in [1.54, 1.807) is 0 Å². The summed E-state index contributed by atoms with van der Waals surface area (Å²) in [7, 11) is 0. The molecule has 118 valence electrons. The van der Waals surface area contributed by atoms with Crippen molar-refractivity contribution in [3.8, 4) is 22.6 Å². The lowest BCUT2D eigenvalue weighted by Crippen LogP contribution is -1.86. The summed E-state index contributed by atoms with van der Waals surface area (Å²) in [6, 6.07) is 18.8. The first-order valence-corrected chi connectivity index (χ1v) is 7.49. The second-order valence-corrected chi connectivity index (χ2v) is 5.76. The molecule has 1 heterocycles. The van der Waals surface area contributed by atoms with E-state index in [-0.39, 0.29) is 12.4 Å². The number of allylic oxidation sites excluding steroid dienone is 1. The first-order chi connectivity index (χ1) is 10.6. The molecule has 2 aromatic carbocycles. The molecule has 3 aromatic rings. The van der Waals surface area contributed by atoms with Crippen LogP contribution in [0.25, 0.3) is 22.6 Å². The zero-order valence-corrected chi connectivity index (χ0v) is 14.3. The third-order valence-electron chi connectivity index (χ3n) is 3.67. The third kappa shape index (κ3) is 3.91. The number of nitrogens with one attached hydrogen (secondary N) is 1. The number of halogens is 1. The van der Waals surface area contributed by atoms with Gasteiger partial charge in [0.2, 0.25) is 0 Å². The van der Waals surface area contributed by atoms with Gasteiger partial charge in [-0.05, 0) is 25.8 Å². The summed E-state index contributed by atoms with van der Waals surface area (Å²) in [6.07, 6.45) is 0.923. The van der Waals surface area contributed by atoms with Crippen molar-refractivity contribution in [3.05, 3.63) is 78.0 Å². The molecule has 0 saturated heterocycles. The smallest absolute Gasteiger partial charge is 0.138 e. The molecule has 1 N–H and O–H groups in total. The number of rotatable bonds is 4. The van der Waals surface area contributed by atoms with Gasteiger partial charge in [0.1, 0.15) is 5.82 Å². The molecule has 3 heteroatoms. The van der Waals surface area contributed by atoms with Crippen molar-refractivity contribution >= 4 is 12.4 Å². The van der Waals surface area contributed by atoms with Crippen LogP contribution in [0.5, 0.6) is 0 Å². The van der Waals surface area contributed by atoms with Crippen LogP contribution in [-0.4, -0.2) is 9.97 Å². The first-order valence-electron chi connectivity index (χ1n) is 7.49. The Labute approximate surface area is 143 Å². The second-order valence-electron chi connectivity index (χ2n) is 5.76. The lowest BCUT2D eigenvalue weighted by Gasteiger charge is -2.02. The standard InChI is InChI=1S/C20H20N2.ClH/c1-14(2)13-16-9-11-18(12-10-16)20-21-15(3)19(22-20)17-7-5-4-6-8-17;/h4-12H,1,13H2,2-3H3,(H,21,22);1H. The Bertz CT molecular complexity index is 786. The Morgan fingerprint density at radius 2 is 1.65 bits per heavy atom. The lowest BCUT2D eigenvalue weighted by atomic mass is 10.1. The number of benzene rings is 2. The predicted octanol–water partition coefficient (Wildman–Crippen LogP) is 5.59. The van der Waals surface area contributed by atoms with Gasteiger partial charge in [0.25, 0.3) is 0 Å². The molecule has 0 bridgehead atoms. The van der Waals surface area contributed by atoms with E-state index >= 15 is 0 Å². The van der Waals surface area contributed by atoms with Crippen molar-refractivity contribution in [2.75, 3.05) is 0 Å². The average molecular weight is 325 g/mol. The number of aromatic nitrogens is 2. The summed E-state index contributed by atoms with van der Waals surface area (Å²) < 4.78 is 0. The molecule has 0 aliphatic rings. The van der Waals surface area contributed by atoms with E-state index < -0.39 is 0 Å². The zero-order valence-electron chi connectivity index (χ0n) is 13.5. The van der Waals surface area contributed by atoms with E-state index in [0.29, 0.717) is 0 Å². The minimum atomic E-state index is 0. The van der Waals surface area contributed by atoms with Gasteiger partial charge in [0.15, 0.2) is 0 Å². The van der Waals surface area contributed by atoms with Gasteiger partial charge in [-0.15, -0.1) is 12.4 Å². The fourth-order valence-electron chi connectivity index (χ4n) is 2.60. The van der Waals surface area contributed by atoms with E-state index in [1.807, 2.05) is 18.2 Å². The quantitative estimate of drug-likeness (QED) is 0.622. The Balaban J connectivity index is 0.00000192. The van der Waals surface area contributed by atoms with E-state index in [4.69, 9.17) is 4.98 Å². The molecule has 2 nitrogen and oxygen atoms in total. The molecule has 0 unspecified atom stereocenters. The van der Waals surface area contributed by atoms with Crippen molar-refractivity contribution in [3.63, 3.8) is 0 Å². The molecule has 23 heavy (non-hydrogen) atoms. The summed E-state index contributed by atoms with van der Waals surface area (Å²) in [5.41, 5.74) is 6.81. The molecule has 0 radical (unpaired) electrons. The first kappa shape index (κ1) is 17.0. The van der Waals surface area contributed by atoms with Crippen molar-refractivity contribution in [2.45, 2.75) is 20.3 Å². The third-order valence-corrected chi connectivity index (χ3v) is 3.67. The average Bonchev–Trinajstić information content (AvgIpc) is 2.90. The van der Waals surface area contributed by atoms with E-state index in [2.05, 4.69) is 61.8 Å². The summed E-state index contributed by atoms with van der Waals surface area (Å²) in [5, 5.41) is 0. The highest BCUT2D eigenvalue weighted by molar-refractivity contribution is 5.85. The summed E-state index contributed by atoms with van der Waals surface area (Å²) in [6.45, 7) is 8.08. The lowest BCUT2D eigenvalue weighted by molar-refractivity contribution is 1.15. The normalized spacial score (nSPS) is 10.2. The van der Waals surface area contributed by atoms with E-state index in [0.717, 1.165) is 34.8 Å². The fourth-order valence-corrected chi connectivity index (χ4v) is 2.60. The van der Waals surface area contributed by atoms with Gasteiger partial charge in [-0.2, -0.15) is 0 Å². The molecule has 0 amide bonds. The maximum atomic E-state index is 4.77. The van der Waals surface area contributed by atoms with E-state index in [9.17, 15) is 0 Å². The van der Waals surface area contributed by atoms with Crippen LogP contribution >= 0.6 is 12.4 Å². The Morgan fingerprint density at radius 1 is 1.00 bits per heavy atom. The van der Waals surface area contributed by atoms with Crippen LogP contribution in [0.3, 0.4) is 0 Å².